The molecule has 2 aliphatic heterocycles. The standard InChI is InChI=1S/C13H17BrN2O/c1-16-5-4-13(8-16)7-11(15)10-6-9(14)2-3-12(10)17-13/h2-3,6,11H,4-5,7-8,15H2,1H3/t11-,13?/m1/s1. The highest BCUT2D eigenvalue weighted by molar-refractivity contribution is 9.10. The maximum atomic E-state index is 6.30. The third-order valence-corrected chi connectivity index (χ3v) is 4.29. The SMILES string of the molecule is CN1CCC2(C[C@@H](N)c3cc(Br)ccc3O2)C1. The molecule has 1 aromatic carbocycles. The molecule has 0 radical (unpaired) electrons. The Labute approximate surface area is 110 Å². The highest BCUT2D eigenvalue weighted by Gasteiger charge is 2.44. The minimum atomic E-state index is -0.0605. The third-order valence-electron chi connectivity index (χ3n) is 3.80. The number of halogens is 1. The van der Waals surface area contributed by atoms with Crippen LogP contribution in [-0.2, 0) is 0 Å². The molecule has 1 aromatic rings. The molecule has 0 aromatic heterocycles. The number of benzene rings is 1. The van der Waals surface area contributed by atoms with E-state index in [0.29, 0.717) is 0 Å². The van der Waals surface area contributed by atoms with Gasteiger partial charge in [0.1, 0.15) is 11.4 Å². The average molecular weight is 297 g/mol. The van der Waals surface area contributed by atoms with Gasteiger partial charge in [0.05, 0.1) is 0 Å². The largest absolute Gasteiger partial charge is 0.485 e. The van der Waals surface area contributed by atoms with Crippen LogP contribution in [0.3, 0.4) is 0 Å². The molecule has 2 atom stereocenters. The topological polar surface area (TPSA) is 38.5 Å². The summed E-state index contributed by atoms with van der Waals surface area (Å²) < 4.78 is 7.30. The van der Waals surface area contributed by atoms with Gasteiger partial charge >= 0.3 is 0 Å². The Kier molecular flexibility index (Phi) is 2.69. The number of rotatable bonds is 0. The van der Waals surface area contributed by atoms with Crippen LogP contribution in [0.5, 0.6) is 5.75 Å². The van der Waals surface area contributed by atoms with Gasteiger partial charge in [0.15, 0.2) is 0 Å². The number of fused-ring (bicyclic) bond motifs is 1. The van der Waals surface area contributed by atoms with Crippen molar-refractivity contribution in [3.05, 3.63) is 28.2 Å². The summed E-state index contributed by atoms with van der Waals surface area (Å²) >= 11 is 3.48. The normalized spacial score (nSPS) is 32.5. The predicted molar refractivity (Wildman–Crippen MR) is 71.2 cm³/mol. The number of likely N-dealkylation sites (N-methyl/N-ethyl adjacent to an activating group) is 1. The highest BCUT2D eigenvalue weighted by Crippen LogP contribution is 2.43. The molecule has 0 bridgehead atoms. The van der Waals surface area contributed by atoms with E-state index in [1.165, 1.54) is 0 Å². The van der Waals surface area contributed by atoms with Crippen molar-refractivity contribution in [2.75, 3.05) is 20.1 Å². The molecule has 1 fully saturated rings. The van der Waals surface area contributed by atoms with Crippen LogP contribution in [0, 0.1) is 0 Å². The Bertz CT molecular complexity index is 451. The van der Waals surface area contributed by atoms with Gasteiger partial charge in [0.25, 0.3) is 0 Å². The van der Waals surface area contributed by atoms with Gasteiger partial charge in [-0.15, -0.1) is 0 Å². The van der Waals surface area contributed by atoms with Crippen LogP contribution in [0.1, 0.15) is 24.4 Å². The van der Waals surface area contributed by atoms with Crippen LogP contribution in [0.25, 0.3) is 0 Å². The van der Waals surface area contributed by atoms with Crippen LogP contribution in [0.2, 0.25) is 0 Å². The highest BCUT2D eigenvalue weighted by atomic mass is 79.9. The molecular weight excluding hydrogens is 280 g/mol. The molecule has 3 rings (SSSR count). The molecule has 0 saturated carbocycles. The molecule has 1 saturated heterocycles. The predicted octanol–water partition coefficient (Wildman–Crippen LogP) is 2.31. The van der Waals surface area contributed by atoms with E-state index in [2.05, 4.69) is 33.9 Å². The summed E-state index contributed by atoms with van der Waals surface area (Å²) in [5, 5.41) is 0. The number of likely N-dealkylation sites (tertiary alicyclic amines) is 1. The fourth-order valence-electron chi connectivity index (χ4n) is 2.98. The first-order chi connectivity index (χ1) is 8.08. The molecule has 17 heavy (non-hydrogen) atoms. The minimum Gasteiger partial charge on any atom is -0.485 e. The fourth-order valence-corrected chi connectivity index (χ4v) is 3.36. The van der Waals surface area contributed by atoms with Crippen LogP contribution >= 0.6 is 15.9 Å². The number of hydrogen-bond acceptors (Lipinski definition) is 3. The molecular formula is C13H17BrN2O. The molecule has 92 valence electrons. The zero-order valence-corrected chi connectivity index (χ0v) is 11.5. The van der Waals surface area contributed by atoms with E-state index in [4.69, 9.17) is 10.5 Å². The summed E-state index contributed by atoms with van der Waals surface area (Å²) in [7, 11) is 2.14. The lowest BCUT2D eigenvalue weighted by Gasteiger charge is -2.38. The number of ether oxygens (including phenoxy) is 1. The molecule has 2 heterocycles. The Balaban J connectivity index is 1.96. The zero-order valence-electron chi connectivity index (χ0n) is 9.95. The molecule has 4 heteroatoms. The summed E-state index contributed by atoms with van der Waals surface area (Å²) in [6.45, 7) is 2.08. The van der Waals surface area contributed by atoms with Gasteiger partial charge in [-0.25, -0.2) is 0 Å². The molecule has 2 N–H and O–H groups in total. The maximum absolute atomic E-state index is 6.30. The summed E-state index contributed by atoms with van der Waals surface area (Å²) in [6, 6.07) is 6.20. The Morgan fingerprint density at radius 2 is 2.35 bits per heavy atom. The molecule has 3 nitrogen and oxygen atoms in total. The second-order valence-electron chi connectivity index (χ2n) is 5.27. The summed E-state index contributed by atoms with van der Waals surface area (Å²) in [5.41, 5.74) is 7.36. The van der Waals surface area contributed by atoms with Crippen LogP contribution < -0.4 is 10.5 Å². The van der Waals surface area contributed by atoms with Crippen LogP contribution in [0.15, 0.2) is 22.7 Å². The van der Waals surface area contributed by atoms with Crippen molar-refractivity contribution in [3.8, 4) is 5.75 Å². The van der Waals surface area contributed by atoms with Crippen molar-refractivity contribution >= 4 is 15.9 Å². The molecule has 2 aliphatic rings. The van der Waals surface area contributed by atoms with Gasteiger partial charge in [-0.05, 0) is 25.2 Å². The lowest BCUT2D eigenvalue weighted by atomic mass is 9.87. The van der Waals surface area contributed by atoms with E-state index in [9.17, 15) is 0 Å². The van der Waals surface area contributed by atoms with Crippen molar-refractivity contribution in [1.82, 2.24) is 4.90 Å². The van der Waals surface area contributed by atoms with Crippen molar-refractivity contribution in [2.45, 2.75) is 24.5 Å². The first-order valence-electron chi connectivity index (χ1n) is 6.01. The van der Waals surface area contributed by atoms with E-state index >= 15 is 0 Å². The van der Waals surface area contributed by atoms with Gasteiger partial charge in [0, 0.05) is 42.0 Å². The smallest absolute Gasteiger partial charge is 0.125 e. The quantitative estimate of drug-likeness (QED) is 0.798. The molecule has 1 unspecified atom stereocenters. The number of hydrogen-bond donors (Lipinski definition) is 1. The van der Waals surface area contributed by atoms with Gasteiger partial charge in [-0.1, -0.05) is 15.9 Å². The Morgan fingerprint density at radius 3 is 3.06 bits per heavy atom. The van der Waals surface area contributed by atoms with E-state index in [1.54, 1.807) is 0 Å². The first kappa shape index (κ1) is 11.5. The van der Waals surface area contributed by atoms with Crippen molar-refractivity contribution in [1.29, 1.82) is 0 Å². The summed E-state index contributed by atoms with van der Waals surface area (Å²) in [5.74, 6) is 0.960. The van der Waals surface area contributed by atoms with Crippen molar-refractivity contribution in [2.24, 2.45) is 5.73 Å². The Hall–Kier alpha value is -0.580. The summed E-state index contributed by atoms with van der Waals surface area (Å²) in [6.07, 6.45) is 1.99. The fraction of sp³-hybridized carbons (Fsp3) is 0.538. The van der Waals surface area contributed by atoms with E-state index in [0.717, 1.165) is 41.7 Å². The van der Waals surface area contributed by atoms with Crippen LogP contribution in [-0.4, -0.2) is 30.6 Å². The van der Waals surface area contributed by atoms with Crippen molar-refractivity contribution in [3.63, 3.8) is 0 Å². The Morgan fingerprint density at radius 1 is 1.53 bits per heavy atom. The van der Waals surface area contributed by atoms with Gasteiger partial charge in [-0.3, -0.25) is 0 Å². The van der Waals surface area contributed by atoms with E-state index in [-0.39, 0.29) is 11.6 Å². The second-order valence-corrected chi connectivity index (χ2v) is 6.18. The van der Waals surface area contributed by atoms with Crippen molar-refractivity contribution < 1.29 is 4.74 Å². The molecule has 1 spiro atoms. The maximum Gasteiger partial charge on any atom is 0.125 e. The van der Waals surface area contributed by atoms with E-state index in [1.807, 2.05) is 12.1 Å². The summed E-state index contributed by atoms with van der Waals surface area (Å²) in [4.78, 5) is 2.32. The number of nitrogens with two attached hydrogens (primary N) is 1. The van der Waals surface area contributed by atoms with Crippen LogP contribution in [0.4, 0.5) is 0 Å². The first-order valence-corrected chi connectivity index (χ1v) is 6.80. The second kappa shape index (κ2) is 3.97. The lowest BCUT2D eigenvalue weighted by Crippen LogP contribution is -2.44. The minimum absolute atomic E-state index is 0.0605. The van der Waals surface area contributed by atoms with Gasteiger partial charge in [-0.2, -0.15) is 0 Å². The van der Waals surface area contributed by atoms with E-state index < -0.39 is 0 Å². The third kappa shape index (κ3) is 1.98. The lowest BCUT2D eigenvalue weighted by molar-refractivity contribution is 0.0466. The monoisotopic (exact) mass is 296 g/mol. The number of nitrogens with zero attached hydrogens (tertiary/aromatic N) is 1. The molecule has 0 aliphatic carbocycles. The van der Waals surface area contributed by atoms with Gasteiger partial charge < -0.3 is 15.4 Å². The average Bonchev–Trinajstić information content (AvgIpc) is 2.61. The van der Waals surface area contributed by atoms with Gasteiger partial charge in [0.2, 0.25) is 0 Å². The zero-order chi connectivity index (χ0) is 12.0. The molecule has 0 amide bonds.